The topological polar surface area (TPSA) is 55.1 Å². The van der Waals surface area contributed by atoms with Crippen LogP contribution in [0.15, 0.2) is 28.9 Å². The van der Waals surface area contributed by atoms with Gasteiger partial charge in [0.05, 0.1) is 23.6 Å². The maximum Gasteiger partial charge on any atom is 0.253 e. The van der Waals surface area contributed by atoms with Crippen molar-refractivity contribution in [2.45, 2.75) is 39.2 Å². The molecule has 1 amide bonds. The lowest BCUT2D eigenvalue weighted by molar-refractivity contribution is 0.0931. The number of aromatic nitrogens is 1. The zero-order valence-electron chi connectivity index (χ0n) is 11.8. The highest BCUT2D eigenvalue weighted by Gasteiger charge is 2.24. The van der Waals surface area contributed by atoms with E-state index < -0.39 is 0 Å². The molecule has 3 rings (SSSR count). The minimum atomic E-state index is -0.0611. The second-order valence-electron chi connectivity index (χ2n) is 5.30. The Hall–Kier alpha value is -2.10. The number of hydrogen-bond donors (Lipinski definition) is 1. The summed E-state index contributed by atoms with van der Waals surface area (Å²) < 4.78 is 5.45. The number of amides is 1. The molecule has 0 radical (unpaired) electrons. The third kappa shape index (κ3) is 2.33. The van der Waals surface area contributed by atoms with E-state index in [0.29, 0.717) is 5.56 Å². The van der Waals surface area contributed by atoms with Crippen LogP contribution in [0.1, 0.15) is 52.0 Å². The van der Waals surface area contributed by atoms with Crippen molar-refractivity contribution in [1.29, 1.82) is 0 Å². The number of fused-ring (bicyclic) bond motifs is 1. The highest BCUT2D eigenvalue weighted by atomic mass is 16.3. The minimum absolute atomic E-state index is 0.0469. The van der Waals surface area contributed by atoms with Crippen LogP contribution in [0.4, 0.5) is 0 Å². The fourth-order valence-electron chi connectivity index (χ4n) is 2.80. The average molecular weight is 270 g/mol. The highest BCUT2D eigenvalue weighted by Crippen LogP contribution is 2.30. The Morgan fingerprint density at radius 2 is 2.20 bits per heavy atom. The summed E-state index contributed by atoms with van der Waals surface area (Å²) in [7, 11) is 0. The number of pyridine rings is 1. The standard InChI is InChI=1S/C16H18N2O2/c1-10-6-7-12(11(2)17-10)16(19)18-14-4-3-5-15-13(14)8-9-20-15/h6-9,14H,3-5H2,1-2H3,(H,18,19). The largest absolute Gasteiger partial charge is 0.469 e. The molecule has 104 valence electrons. The number of rotatable bonds is 2. The summed E-state index contributed by atoms with van der Waals surface area (Å²) in [5.74, 6) is 0.939. The van der Waals surface area contributed by atoms with Crippen molar-refractivity contribution >= 4 is 5.91 Å². The fraction of sp³-hybridized carbons (Fsp3) is 0.375. The van der Waals surface area contributed by atoms with Gasteiger partial charge in [-0.1, -0.05) is 0 Å². The van der Waals surface area contributed by atoms with E-state index in [1.807, 2.05) is 32.0 Å². The summed E-state index contributed by atoms with van der Waals surface area (Å²) in [6.45, 7) is 3.79. The summed E-state index contributed by atoms with van der Waals surface area (Å²) >= 11 is 0. The highest BCUT2D eigenvalue weighted by molar-refractivity contribution is 5.95. The van der Waals surface area contributed by atoms with E-state index in [9.17, 15) is 4.79 Å². The molecule has 0 saturated heterocycles. The van der Waals surface area contributed by atoms with Crippen LogP contribution in [0.25, 0.3) is 0 Å². The number of carbonyl (C=O) groups excluding carboxylic acids is 1. The molecule has 1 atom stereocenters. The molecular formula is C16H18N2O2. The van der Waals surface area contributed by atoms with E-state index in [1.54, 1.807) is 6.26 Å². The fourth-order valence-corrected chi connectivity index (χ4v) is 2.80. The zero-order chi connectivity index (χ0) is 14.1. The molecule has 0 bridgehead atoms. The minimum Gasteiger partial charge on any atom is -0.469 e. The van der Waals surface area contributed by atoms with Gasteiger partial charge in [0.1, 0.15) is 5.76 Å². The third-order valence-corrected chi connectivity index (χ3v) is 3.83. The van der Waals surface area contributed by atoms with E-state index >= 15 is 0 Å². The van der Waals surface area contributed by atoms with Crippen molar-refractivity contribution in [2.75, 3.05) is 0 Å². The number of nitrogens with zero attached hydrogens (tertiary/aromatic N) is 1. The van der Waals surface area contributed by atoms with Crippen LogP contribution in [0, 0.1) is 13.8 Å². The van der Waals surface area contributed by atoms with Crippen molar-refractivity contribution in [3.8, 4) is 0 Å². The zero-order valence-corrected chi connectivity index (χ0v) is 11.8. The van der Waals surface area contributed by atoms with Gasteiger partial charge in [0.15, 0.2) is 0 Å². The normalized spacial score (nSPS) is 17.6. The molecule has 4 heteroatoms. The van der Waals surface area contributed by atoms with Gasteiger partial charge in [0, 0.05) is 17.7 Å². The van der Waals surface area contributed by atoms with Crippen molar-refractivity contribution in [3.05, 3.63) is 52.7 Å². The Morgan fingerprint density at radius 1 is 1.35 bits per heavy atom. The number of nitrogens with one attached hydrogen (secondary N) is 1. The number of aryl methyl sites for hydroxylation is 3. The van der Waals surface area contributed by atoms with Gasteiger partial charge in [0.2, 0.25) is 0 Å². The number of hydrogen-bond acceptors (Lipinski definition) is 3. The van der Waals surface area contributed by atoms with Gasteiger partial charge in [-0.05, 0) is 44.9 Å². The molecule has 20 heavy (non-hydrogen) atoms. The van der Waals surface area contributed by atoms with Crippen LogP contribution in [0.5, 0.6) is 0 Å². The molecule has 1 aliphatic rings. The maximum absolute atomic E-state index is 12.4. The summed E-state index contributed by atoms with van der Waals surface area (Å²) in [4.78, 5) is 16.7. The Kier molecular flexibility index (Phi) is 3.30. The average Bonchev–Trinajstić information content (AvgIpc) is 2.87. The van der Waals surface area contributed by atoms with Crippen LogP contribution in [0.3, 0.4) is 0 Å². The lowest BCUT2D eigenvalue weighted by atomic mass is 9.93. The van der Waals surface area contributed by atoms with Gasteiger partial charge < -0.3 is 9.73 Å². The molecule has 0 fully saturated rings. The van der Waals surface area contributed by atoms with Gasteiger partial charge in [-0.25, -0.2) is 0 Å². The summed E-state index contributed by atoms with van der Waals surface area (Å²) in [5.41, 5.74) is 3.45. The molecule has 1 N–H and O–H groups in total. The molecular weight excluding hydrogens is 252 g/mol. The quantitative estimate of drug-likeness (QED) is 0.912. The van der Waals surface area contributed by atoms with Crippen LogP contribution in [-0.4, -0.2) is 10.9 Å². The molecule has 0 spiro atoms. The smallest absolute Gasteiger partial charge is 0.253 e. The Labute approximate surface area is 118 Å². The molecule has 0 aromatic carbocycles. The van der Waals surface area contributed by atoms with Gasteiger partial charge in [-0.2, -0.15) is 0 Å². The van der Waals surface area contributed by atoms with Crippen LogP contribution in [-0.2, 0) is 6.42 Å². The van der Waals surface area contributed by atoms with E-state index in [-0.39, 0.29) is 11.9 Å². The lowest BCUT2D eigenvalue weighted by Gasteiger charge is -2.23. The Morgan fingerprint density at radius 3 is 3.00 bits per heavy atom. The maximum atomic E-state index is 12.4. The van der Waals surface area contributed by atoms with E-state index in [4.69, 9.17) is 4.42 Å². The third-order valence-electron chi connectivity index (χ3n) is 3.83. The lowest BCUT2D eigenvalue weighted by Crippen LogP contribution is -2.31. The molecule has 0 aliphatic heterocycles. The predicted octanol–water partition coefficient (Wildman–Crippen LogP) is 3.10. The first-order valence-electron chi connectivity index (χ1n) is 6.96. The first-order chi connectivity index (χ1) is 9.65. The molecule has 2 aromatic rings. The van der Waals surface area contributed by atoms with E-state index in [1.165, 1.54) is 0 Å². The van der Waals surface area contributed by atoms with Crippen molar-refractivity contribution in [1.82, 2.24) is 10.3 Å². The summed E-state index contributed by atoms with van der Waals surface area (Å²) in [5, 5.41) is 3.10. The number of furan rings is 1. The van der Waals surface area contributed by atoms with Gasteiger partial charge in [-0.15, -0.1) is 0 Å². The van der Waals surface area contributed by atoms with Crippen LogP contribution >= 0.6 is 0 Å². The van der Waals surface area contributed by atoms with Gasteiger partial charge in [-0.3, -0.25) is 9.78 Å². The monoisotopic (exact) mass is 270 g/mol. The molecule has 1 aliphatic carbocycles. The summed E-state index contributed by atoms with van der Waals surface area (Å²) in [6, 6.07) is 5.71. The SMILES string of the molecule is Cc1ccc(C(=O)NC2CCCc3occc32)c(C)n1. The molecule has 1 unspecified atom stereocenters. The Balaban J connectivity index is 1.81. The number of carbonyl (C=O) groups is 1. The molecule has 2 aromatic heterocycles. The summed E-state index contributed by atoms with van der Waals surface area (Å²) in [6.07, 6.45) is 4.65. The predicted molar refractivity (Wildman–Crippen MR) is 75.6 cm³/mol. The van der Waals surface area contributed by atoms with Crippen molar-refractivity contribution in [3.63, 3.8) is 0 Å². The first kappa shape index (κ1) is 12.9. The van der Waals surface area contributed by atoms with Crippen molar-refractivity contribution in [2.24, 2.45) is 0 Å². The second-order valence-corrected chi connectivity index (χ2v) is 5.30. The van der Waals surface area contributed by atoms with Crippen molar-refractivity contribution < 1.29 is 9.21 Å². The molecule has 4 nitrogen and oxygen atoms in total. The molecule has 2 heterocycles. The van der Waals surface area contributed by atoms with Crippen LogP contribution in [0.2, 0.25) is 0 Å². The Bertz CT molecular complexity index is 646. The van der Waals surface area contributed by atoms with Crippen LogP contribution < -0.4 is 5.32 Å². The first-order valence-corrected chi connectivity index (χ1v) is 6.96. The van der Waals surface area contributed by atoms with Gasteiger partial charge in [0.25, 0.3) is 5.91 Å². The second kappa shape index (κ2) is 5.12. The van der Waals surface area contributed by atoms with E-state index in [2.05, 4.69) is 10.3 Å². The van der Waals surface area contributed by atoms with E-state index in [0.717, 1.165) is 42.0 Å². The van der Waals surface area contributed by atoms with Gasteiger partial charge >= 0.3 is 0 Å². The molecule has 0 saturated carbocycles.